The molecule has 1 rings (SSSR count). The molecule has 0 radical (unpaired) electrons. The summed E-state index contributed by atoms with van der Waals surface area (Å²) in [5.41, 5.74) is 0. The van der Waals surface area contributed by atoms with Crippen molar-refractivity contribution in [2.45, 2.75) is 6.92 Å². The lowest BCUT2D eigenvalue weighted by Gasteiger charge is -1.91. The Morgan fingerprint density at radius 1 is 1.79 bits per heavy atom. The highest BCUT2D eigenvalue weighted by Gasteiger charge is 2.19. The zero-order valence-corrected chi connectivity index (χ0v) is 7.93. The smallest absolute Gasteiger partial charge is 0.358 e. The van der Waals surface area contributed by atoms with Gasteiger partial charge in [-0.1, -0.05) is 6.08 Å². The maximum Gasteiger partial charge on any atom is 0.383 e. The number of nitro groups is 1. The van der Waals surface area contributed by atoms with Crippen LogP contribution in [0.25, 0.3) is 0 Å². The minimum Gasteiger partial charge on any atom is -0.358 e. The van der Waals surface area contributed by atoms with E-state index >= 15 is 0 Å². The minimum atomic E-state index is -0.717. The van der Waals surface area contributed by atoms with Gasteiger partial charge in [0.25, 0.3) is 5.91 Å². The van der Waals surface area contributed by atoms with E-state index in [4.69, 9.17) is 11.6 Å². The fourth-order valence-corrected chi connectivity index (χ4v) is 1.03. The van der Waals surface area contributed by atoms with Gasteiger partial charge in [0.2, 0.25) is 0 Å². The molecule has 0 saturated heterocycles. The maximum absolute atomic E-state index is 11.2. The molecule has 7 heteroatoms. The first kappa shape index (κ1) is 10.4. The van der Waals surface area contributed by atoms with Gasteiger partial charge >= 0.3 is 11.1 Å². The number of halogens is 1. The van der Waals surface area contributed by atoms with Gasteiger partial charge in [0.15, 0.2) is 0 Å². The van der Waals surface area contributed by atoms with E-state index in [2.05, 4.69) is 4.98 Å². The molecule has 74 valence electrons. The van der Waals surface area contributed by atoms with E-state index in [-0.39, 0.29) is 5.28 Å². The van der Waals surface area contributed by atoms with Gasteiger partial charge in [-0.15, -0.1) is 0 Å². The van der Waals surface area contributed by atoms with E-state index < -0.39 is 16.6 Å². The average molecular weight is 216 g/mol. The van der Waals surface area contributed by atoms with Gasteiger partial charge in [0.1, 0.15) is 6.20 Å². The number of rotatable bonds is 2. The molecule has 1 heterocycles. The minimum absolute atomic E-state index is 0.222. The highest BCUT2D eigenvalue weighted by molar-refractivity contribution is 6.29. The molecule has 0 atom stereocenters. The molecule has 0 bridgehead atoms. The van der Waals surface area contributed by atoms with Gasteiger partial charge in [0, 0.05) is 0 Å². The fourth-order valence-electron chi connectivity index (χ4n) is 0.811. The number of allylic oxidation sites excluding steroid dienone is 2. The Bertz CT molecular complexity index is 410. The van der Waals surface area contributed by atoms with E-state index in [1.54, 1.807) is 6.92 Å². The van der Waals surface area contributed by atoms with Crippen LogP contribution >= 0.6 is 11.6 Å². The van der Waals surface area contributed by atoms with Crippen molar-refractivity contribution in [3.8, 4) is 0 Å². The van der Waals surface area contributed by atoms with Crippen LogP contribution in [0.5, 0.6) is 0 Å². The second-order valence-electron chi connectivity index (χ2n) is 2.33. The van der Waals surface area contributed by atoms with Gasteiger partial charge in [-0.3, -0.25) is 4.79 Å². The summed E-state index contributed by atoms with van der Waals surface area (Å²) in [6.45, 7) is 1.65. The Morgan fingerprint density at radius 2 is 2.43 bits per heavy atom. The van der Waals surface area contributed by atoms with E-state index in [1.165, 1.54) is 12.2 Å². The predicted octanol–water partition coefficient (Wildman–Crippen LogP) is 1.66. The van der Waals surface area contributed by atoms with Crippen molar-refractivity contribution in [3.05, 3.63) is 33.7 Å². The molecule has 0 aliphatic carbocycles. The molecule has 0 aromatic carbocycles. The summed E-state index contributed by atoms with van der Waals surface area (Å²) in [5.74, 6) is -0.925. The Kier molecular flexibility index (Phi) is 2.98. The van der Waals surface area contributed by atoms with Crippen molar-refractivity contribution in [2.75, 3.05) is 0 Å². The quantitative estimate of drug-likeness (QED) is 0.427. The van der Waals surface area contributed by atoms with Crippen LogP contribution in [0.1, 0.15) is 11.7 Å². The number of hydrogen-bond donors (Lipinski definition) is 0. The second-order valence-corrected chi connectivity index (χ2v) is 2.67. The van der Waals surface area contributed by atoms with Crippen LogP contribution in [-0.2, 0) is 0 Å². The first-order valence-corrected chi connectivity index (χ1v) is 4.00. The molecular weight excluding hydrogens is 210 g/mol. The number of aromatic nitrogens is 2. The molecule has 0 spiro atoms. The normalized spacial score (nSPS) is 10.7. The molecule has 0 aliphatic heterocycles. The topological polar surface area (TPSA) is 78.0 Å². The maximum atomic E-state index is 11.2. The Morgan fingerprint density at radius 3 is 2.86 bits per heavy atom. The first-order valence-electron chi connectivity index (χ1n) is 3.62. The molecule has 0 aliphatic rings. The molecule has 6 nitrogen and oxygen atoms in total. The molecule has 1 aromatic heterocycles. The van der Waals surface area contributed by atoms with Crippen LogP contribution in [0.4, 0.5) is 5.82 Å². The van der Waals surface area contributed by atoms with Crippen LogP contribution in [0, 0.1) is 10.1 Å². The third-order valence-corrected chi connectivity index (χ3v) is 1.65. The Balaban J connectivity index is 3.10. The molecule has 1 aromatic rings. The van der Waals surface area contributed by atoms with Crippen molar-refractivity contribution in [1.82, 2.24) is 9.55 Å². The summed E-state index contributed by atoms with van der Waals surface area (Å²) < 4.78 is 0.902. The fraction of sp³-hybridized carbons (Fsp3) is 0.143. The third-order valence-electron chi connectivity index (χ3n) is 1.38. The van der Waals surface area contributed by atoms with Crippen molar-refractivity contribution in [2.24, 2.45) is 0 Å². The lowest BCUT2D eigenvalue weighted by atomic mass is 10.5. The standard InChI is InChI=1S/C7H6ClN3O3/c1-2-3-6(12)10-4-5(11(13)14)9-7(10)8/h2-4H,1H3/b3-2+. The summed E-state index contributed by atoms with van der Waals surface area (Å²) in [6.07, 6.45) is 3.71. The van der Waals surface area contributed by atoms with Crippen LogP contribution in [-0.4, -0.2) is 20.4 Å². The van der Waals surface area contributed by atoms with Crippen LogP contribution < -0.4 is 0 Å². The SMILES string of the molecule is C/C=C/C(=O)n1cc([N+](=O)[O-])nc1Cl. The first-order chi connectivity index (χ1) is 6.56. The summed E-state index contributed by atoms with van der Waals surface area (Å²) >= 11 is 5.51. The van der Waals surface area contributed by atoms with Crippen LogP contribution in [0.3, 0.4) is 0 Å². The van der Waals surface area contributed by atoms with Crippen molar-refractivity contribution < 1.29 is 9.72 Å². The van der Waals surface area contributed by atoms with Gasteiger partial charge in [-0.2, -0.15) is 0 Å². The molecule has 0 amide bonds. The van der Waals surface area contributed by atoms with E-state index in [1.807, 2.05) is 0 Å². The highest BCUT2D eigenvalue weighted by Crippen LogP contribution is 2.15. The van der Waals surface area contributed by atoms with Crippen molar-refractivity contribution in [3.63, 3.8) is 0 Å². The van der Waals surface area contributed by atoms with Crippen molar-refractivity contribution in [1.29, 1.82) is 0 Å². The van der Waals surface area contributed by atoms with Crippen molar-refractivity contribution >= 4 is 23.3 Å². The monoisotopic (exact) mass is 215 g/mol. The van der Waals surface area contributed by atoms with Gasteiger partial charge in [0.05, 0.1) is 0 Å². The van der Waals surface area contributed by atoms with E-state index in [0.717, 1.165) is 10.8 Å². The van der Waals surface area contributed by atoms with E-state index in [9.17, 15) is 14.9 Å². The zero-order chi connectivity index (χ0) is 10.7. The molecule has 0 saturated carbocycles. The Labute approximate surface area is 84.0 Å². The second kappa shape index (κ2) is 4.01. The molecule has 0 fully saturated rings. The third kappa shape index (κ3) is 1.97. The number of hydrogen-bond acceptors (Lipinski definition) is 4. The lowest BCUT2D eigenvalue weighted by Crippen LogP contribution is -2.05. The van der Waals surface area contributed by atoms with Gasteiger partial charge < -0.3 is 10.1 Å². The molecule has 0 N–H and O–H groups in total. The summed E-state index contributed by atoms with van der Waals surface area (Å²) in [7, 11) is 0. The highest BCUT2D eigenvalue weighted by atomic mass is 35.5. The summed E-state index contributed by atoms with van der Waals surface area (Å²) in [5, 5.41) is 10.1. The van der Waals surface area contributed by atoms with Gasteiger partial charge in [-0.25, -0.2) is 4.57 Å². The largest absolute Gasteiger partial charge is 0.383 e. The predicted molar refractivity (Wildman–Crippen MR) is 49.3 cm³/mol. The zero-order valence-electron chi connectivity index (χ0n) is 7.18. The van der Waals surface area contributed by atoms with Crippen LogP contribution in [0.2, 0.25) is 5.28 Å². The number of nitrogens with zero attached hydrogens (tertiary/aromatic N) is 3. The summed E-state index contributed by atoms with van der Waals surface area (Å²) in [6, 6.07) is 0. The average Bonchev–Trinajstić information content (AvgIpc) is 2.48. The lowest BCUT2D eigenvalue weighted by molar-refractivity contribution is -0.389. The number of carbonyl (C=O) groups is 1. The Hall–Kier alpha value is -1.69. The summed E-state index contributed by atoms with van der Waals surface area (Å²) in [4.78, 5) is 24.2. The molecule has 0 unspecified atom stereocenters. The van der Waals surface area contributed by atoms with E-state index in [0.29, 0.717) is 0 Å². The number of imidazole rings is 1. The van der Waals surface area contributed by atoms with Crippen LogP contribution in [0.15, 0.2) is 18.3 Å². The number of carbonyl (C=O) groups excluding carboxylic acids is 1. The molecular formula is C7H6ClN3O3. The molecule has 14 heavy (non-hydrogen) atoms. The van der Waals surface area contributed by atoms with Gasteiger partial charge in [-0.05, 0) is 34.5 Å².